The quantitative estimate of drug-likeness (QED) is 0.415. The Labute approximate surface area is 170 Å². The standard InChI is InChI=1S/C23H28N4O2/c1-27(2)14-15-28-19-11-7-9-17-20(19)26-22-16-8-3-4-10-18(16)29-23(22)21(17)25-13-6-5-12-24/h3-4,7-11H,5-6,12-15,24H2,1-2H3,(H,25,26). The van der Waals surface area contributed by atoms with Gasteiger partial charge in [-0.1, -0.05) is 24.3 Å². The molecule has 0 bridgehead atoms. The second-order valence-corrected chi connectivity index (χ2v) is 7.49. The number of aromatic nitrogens is 1. The van der Waals surface area contributed by atoms with Crippen LogP contribution >= 0.6 is 0 Å². The number of pyridine rings is 1. The van der Waals surface area contributed by atoms with E-state index in [9.17, 15) is 0 Å². The van der Waals surface area contributed by atoms with Gasteiger partial charge in [0.05, 0.1) is 5.69 Å². The minimum atomic E-state index is 0.608. The summed E-state index contributed by atoms with van der Waals surface area (Å²) in [6.45, 7) is 2.98. The van der Waals surface area contributed by atoms with Crippen molar-refractivity contribution in [2.45, 2.75) is 12.8 Å². The summed E-state index contributed by atoms with van der Waals surface area (Å²) in [5.74, 6) is 0.793. The van der Waals surface area contributed by atoms with E-state index >= 15 is 0 Å². The molecule has 0 aliphatic rings. The first-order valence-corrected chi connectivity index (χ1v) is 10.1. The van der Waals surface area contributed by atoms with Crippen molar-refractivity contribution in [3.63, 3.8) is 0 Å². The van der Waals surface area contributed by atoms with E-state index in [1.54, 1.807) is 0 Å². The van der Waals surface area contributed by atoms with Crippen molar-refractivity contribution in [3.05, 3.63) is 42.5 Å². The van der Waals surface area contributed by atoms with Crippen LogP contribution in [0.15, 0.2) is 46.9 Å². The van der Waals surface area contributed by atoms with Crippen molar-refractivity contribution in [2.75, 3.05) is 45.7 Å². The fraction of sp³-hybridized carbons (Fsp3) is 0.348. The number of nitrogens with zero attached hydrogens (tertiary/aromatic N) is 2. The Hall–Kier alpha value is -2.83. The predicted octanol–water partition coefficient (Wildman–Crippen LogP) is 4.23. The Kier molecular flexibility index (Phi) is 5.83. The van der Waals surface area contributed by atoms with Gasteiger partial charge in [-0.25, -0.2) is 4.98 Å². The fourth-order valence-electron chi connectivity index (χ4n) is 3.50. The first-order chi connectivity index (χ1) is 14.2. The fourth-order valence-corrected chi connectivity index (χ4v) is 3.50. The second-order valence-electron chi connectivity index (χ2n) is 7.49. The van der Waals surface area contributed by atoms with Crippen molar-refractivity contribution in [1.29, 1.82) is 0 Å². The molecule has 0 spiro atoms. The smallest absolute Gasteiger partial charge is 0.177 e. The van der Waals surface area contributed by atoms with E-state index in [2.05, 4.69) is 16.3 Å². The Morgan fingerprint density at radius 1 is 1.03 bits per heavy atom. The molecule has 29 heavy (non-hydrogen) atoms. The number of unbranched alkanes of at least 4 members (excludes halogenated alkanes) is 1. The van der Waals surface area contributed by atoms with Gasteiger partial charge in [0.2, 0.25) is 0 Å². The summed E-state index contributed by atoms with van der Waals surface area (Å²) in [4.78, 5) is 7.08. The highest BCUT2D eigenvalue weighted by Crippen LogP contribution is 2.39. The van der Waals surface area contributed by atoms with Gasteiger partial charge in [0.15, 0.2) is 5.58 Å². The summed E-state index contributed by atoms with van der Waals surface area (Å²) in [6, 6.07) is 14.1. The molecule has 0 atom stereocenters. The highest BCUT2D eigenvalue weighted by Gasteiger charge is 2.18. The molecule has 4 aromatic rings. The highest BCUT2D eigenvalue weighted by atomic mass is 16.5. The molecule has 4 rings (SSSR count). The number of hydrogen-bond acceptors (Lipinski definition) is 6. The maximum absolute atomic E-state index is 6.20. The van der Waals surface area contributed by atoms with Crippen molar-refractivity contribution in [1.82, 2.24) is 9.88 Å². The monoisotopic (exact) mass is 392 g/mol. The van der Waals surface area contributed by atoms with Crippen molar-refractivity contribution in [2.24, 2.45) is 5.73 Å². The van der Waals surface area contributed by atoms with E-state index in [0.717, 1.165) is 70.3 Å². The first kappa shape index (κ1) is 19.5. The van der Waals surface area contributed by atoms with Gasteiger partial charge in [0, 0.05) is 23.9 Å². The molecule has 2 aromatic carbocycles. The normalized spacial score (nSPS) is 11.7. The topological polar surface area (TPSA) is 76.5 Å². The number of para-hydroxylation sites is 2. The van der Waals surface area contributed by atoms with E-state index in [0.29, 0.717) is 13.2 Å². The molecule has 0 amide bonds. The van der Waals surface area contributed by atoms with Gasteiger partial charge in [-0.05, 0) is 51.7 Å². The average molecular weight is 393 g/mol. The third kappa shape index (κ3) is 3.99. The van der Waals surface area contributed by atoms with Crippen LogP contribution in [0.2, 0.25) is 0 Å². The van der Waals surface area contributed by atoms with Crippen LogP contribution in [0.3, 0.4) is 0 Å². The summed E-state index contributed by atoms with van der Waals surface area (Å²) in [5.41, 5.74) is 9.96. The van der Waals surface area contributed by atoms with Gasteiger partial charge in [-0.15, -0.1) is 0 Å². The molecule has 152 valence electrons. The SMILES string of the molecule is CN(C)CCOc1cccc2c(NCCCCN)c3oc4ccccc4c3nc12. The Balaban J connectivity index is 1.85. The lowest BCUT2D eigenvalue weighted by atomic mass is 10.1. The van der Waals surface area contributed by atoms with Gasteiger partial charge in [-0.2, -0.15) is 0 Å². The lowest BCUT2D eigenvalue weighted by Gasteiger charge is -2.14. The maximum atomic E-state index is 6.20. The summed E-state index contributed by atoms with van der Waals surface area (Å²) in [6.07, 6.45) is 1.99. The van der Waals surface area contributed by atoms with Crippen molar-refractivity contribution < 1.29 is 9.15 Å². The highest BCUT2D eigenvalue weighted by molar-refractivity contribution is 6.14. The van der Waals surface area contributed by atoms with E-state index in [1.807, 2.05) is 50.5 Å². The molecular weight excluding hydrogens is 364 g/mol. The van der Waals surface area contributed by atoms with Gasteiger partial charge in [0.1, 0.15) is 29.0 Å². The van der Waals surface area contributed by atoms with Crippen LogP contribution in [0.5, 0.6) is 5.75 Å². The van der Waals surface area contributed by atoms with Crippen LogP contribution in [0, 0.1) is 0 Å². The lowest BCUT2D eigenvalue weighted by Crippen LogP contribution is -2.19. The Bertz CT molecular complexity index is 1120. The van der Waals surface area contributed by atoms with E-state index in [1.165, 1.54) is 0 Å². The molecular formula is C23H28N4O2. The van der Waals surface area contributed by atoms with Gasteiger partial charge in [0.25, 0.3) is 0 Å². The molecule has 2 heterocycles. The van der Waals surface area contributed by atoms with Crippen molar-refractivity contribution in [3.8, 4) is 5.75 Å². The maximum Gasteiger partial charge on any atom is 0.177 e. The van der Waals surface area contributed by atoms with Gasteiger partial charge >= 0.3 is 0 Å². The minimum absolute atomic E-state index is 0.608. The Morgan fingerprint density at radius 3 is 2.69 bits per heavy atom. The summed E-state index contributed by atoms with van der Waals surface area (Å²) >= 11 is 0. The van der Waals surface area contributed by atoms with E-state index in [4.69, 9.17) is 19.9 Å². The van der Waals surface area contributed by atoms with Gasteiger partial charge in [-0.3, -0.25) is 0 Å². The predicted molar refractivity (Wildman–Crippen MR) is 120 cm³/mol. The van der Waals surface area contributed by atoms with E-state index in [-0.39, 0.29) is 0 Å². The summed E-state index contributed by atoms with van der Waals surface area (Å²) < 4.78 is 12.3. The zero-order chi connectivity index (χ0) is 20.2. The minimum Gasteiger partial charge on any atom is -0.490 e. The van der Waals surface area contributed by atoms with Crippen LogP contribution in [-0.4, -0.2) is 50.2 Å². The number of furan rings is 1. The molecule has 3 N–H and O–H groups in total. The molecule has 0 radical (unpaired) electrons. The number of hydrogen-bond donors (Lipinski definition) is 2. The molecule has 6 nitrogen and oxygen atoms in total. The number of benzene rings is 2. The van der Waals surface area contributed by atoms with Crippen LogP contribution < -0.4 is 15.8 Å². The number of nitrogens with two attached hydrogens (primary N) is 1. The third-order valence-corrected chi connectivity index (χ3v) is 5.02. The zero-order valence-corrected chi connectivity index (χ0v) is 17.1. The second kappa shape index (κ2) is 8.68. The molecule has 0 fully saturated rings. The molecule has 2 aromatic heterocycles. The van der Waals surface area contributed by atoms with Crippen molar-refractivity contribution >= 4 is 38.7 Å². The molecule has 0 aliphatic carbocycles. The number of anilines is 1. The summed E-state index contributed by atoms with van der Waals surface area (Å²) in [7, 11) is 4.07. The number of likely N-dealkylation sites (N-methyl/N-ethyl adjacent to an activating group) is 1. The van der Waals surface area contributed by atoms with Gasteiger partial charge < -0.3 is 25.1 Å². The average Bonchev–Trinajstić information content (AvgIpc) is 3.09. The molecule has 0 saturated carbocycles. The number of nitrogens with one attached hydrogen (secondary N) is 1. The van der Waals surface area contributed by atoms with Crippen LogP contribution in [0.4, 0.5) is 5.69 Å². The van der Waals surface area contributed by atoms with E-state index < -0.39 is 0 Å². The number of ether oxygens (including phenoxy) is 1. The number of rotatable bonds is 9. The van der Waals surface area contributed by atoms with Crippen LogP contribution in [-0.2, 0) is 0 Å². The van der Waals surface area contributed by atoms with Crippen LogP contribution in [0.1, 0.15) is 12.8 Å². The number of fused-ring (bicyclic) bond motifs is 4. The largest absolute Gasteiger partial charge is 0.490 e. The molecule has 0 aliphatic heterocycles. The molecule has 0 saturated heterocycles. The lowest BCUT2D eigenvalue weighted by molar-refractivity contribution is 0.263. The van der Waals surface area contributed by atoms with Crippen LogP contribution in [0.25, 0.3) is 33.0 Å². The Morgan fingerprint density at radius 2 is 1.86 bits per heavy atom. The zero-order valence-electron chi connectivity index (χ0n) is 17.1. The molecule has 0 unspecified atom stereocenters. The third-order valence-electron chi connectivity index (χ3n) is 5.02. The summed E-state index contributed by atoms with van der Waals surface area (Å²) in [5, 5.41) is 5.59. The first-order valence-electron chi connectivity index (χ1n) is 10.1. The molecule has 6 heteroatoms.